The zero-order valence-corrected chi connectivity index (χ0v) is 12.0. The average Bonchev–Trinajstić information content (AvgIpc) is 2.37. The van der Waals surface area contributed by atoms with Crippen LogP contribution in [0.5, 0.6) is 0 Å². The van der Waals surface area contributed by atoms with Gasteiger partial charge in [0.15, 0.2) is 0 Å². The van der Waals surface area contributed by atoms with Crippen LogP contribution in [-0.4, -0.2) is 26.0 Å². The molecule has 1 aromatic carbocycles. The second-order valence-electron chi connectivity index (χ2n) is 4.00. The Morgan fingerprint density at radius 2 is 2.10 bits per heavy atom. The van der Waals surface area contributed by atoms with Crippen LogP contribution in [0, 0.1) is 11.3 Å². The zero-order valence-electron chi connectivity index (χ0n) is 10.5. The molecular formula is C12H13ClN2O4S. The maximum absolute atomic E-state index is 11.9. The highest BCUT2D eigenvalue weighted by molar-refractivity contribution is 7.89. The average molecular weight is 317 g/mol. The van der Waals surface area contributed by atoms with E-state index in [1.807, 2.05) is 6.07 Å². The lowest BCUT2D eigenvalue weighted by Gasteiger charge is -2.07. The molecule has 0 saturated heterocycles. The molecule has 1 rings (SSSR count). The maximum Gasteiger partial charge on any atom is 0.303 e. The van der Waals surface area contributed by atoms with Crippen molar-refractivity contribution in [3.05, 3.63) is 28.8 Å². The first-order valence-electron chi connectivity index (χ1n) is 5.78. The fourth-order valence-electron chi connectivity index (χ4n) is 1.44. The van der Waals surface area contributed by atoms with E-state index in [0.717, 1.165) is 0 Å². The molecule has 6 nitrogen and oxygen atoms in total. The number of halogens is 1. The van der Waals surface area contributed by atoms with Crippen LogP contribution >= 0.6 is 11.6 Å². The fourth-order valence-corrected chi connectivity index (χ4v) is 2.83. The Bertz CT molecular complexity index is 637. The summed E-state index contributed by atoms with van der Waals surface area (Å²) in [4.78, 5) is 10.3. The number of nitriles is 1. The van der Waals surface area contributed by atoms with Crippen LogP contribution < -0.4 is 4.72 Å². The minimum atomic E-state index is -3.70. The smallest absolute Gasteiger partial charge is 0.303 e. The van der Waals surface area contributed by atoms with E-state index in [9.17, 15) is 13.2 Å². The number of aliphatic carboxylic acids is 1. The number of carboxylic acids is 1. The number of nitrogens with one attached hydrogen (secondary N) is 1. The molecular weight excluding hydrogens is 304 g/mol. The van der Waals surface area contributed by atoms with Gasteiger partial charge in [-0.3, -0.25) is 4.79 Å². The fraction of sp³-hybridized carbons (Fsp3) is 0.333. The van der Waals surface area contributed by atoms with Crippen LogP contribution in [0.2, 0.25) is 5.02 Å². The first kappa shape index (κ1) is 16.4. The molecule has 20 heavy (non-hydrogen) atoms. The predicted molar refractivity (Wildman–Crippen MR) is 72.8 cm³/mol. The largest absolute Gasteiger partial charge is 0.481 e. The standard InChI is InChI=1S/C12H13ClN2O4S/c13-11-7-10(5-4-9(11)8-14)20(18,19)15-6-2-1-3-12(16)17/h4-5,7,15H,1-3,6H2,(H,16,17). The lowest BCUT2D eigenvalue weighted by molar-refractivity contribution is -0.137. The summed E-state index contributed by atoms with van der Waals surface area (Å²) >= 11 is 5.77. The highest BCUT2D eigenvalue weighted by atomic mass is 35.5. The summed E-state index contributed by atoms with van der Waals surface area (Å²) in [5.41, 5.74) is 0.201. The van der Waals surface area contributed by atoms with Gasteiger partial charge >= 0.3 is 5.97 Å². The van der Waals surface area contributed by atoms with Crippen molar-refractivity contribution in [2.75, 3.05) is 6.54 Å². The molecule has 0 bridgehead atoms. The van der Waals surface area contributed by atoms with Gasteiger partial charge in [0.1, 0.15) is 6.07 Å². The Morgan fingerprint density at radius 1 is 1.40 bits per heavy atom. The van der Waals surface area contributed by atoms with Gasteiger partial charge in [0.05, 0.1) is 15.5 Å². The van der Waals surface area contributed by atoms with Crippen LogP contribution in [0.15, 0.2) is 23.1 Å². The van der Waals surface area contributed by atoms with Gasteiger partial charge in [0.2, 0.25) is 10.0 Å². The minimum absolute atomic E-state index is 0.00439. The third-order valence-corrected chi connectivity index (χ3v) is 4.25. The molecule has 0 aromatic heterocycles. The summed E-state index contributed by atoms with van der Waals surface area (Å²) in [6.07, 6.45) is 0.825. The van der Waals surface area contributed by atoms with Crippen molar-refractivity contribution in [2.24, 2.45) is 0 Å². The summed E-state index contributed by atoms with van der Waals surface area (Å²) in [6, 6.07) is 5.68. The summed E-state index contributed by atoms with van der Waals surface area (Å²) in [5.74, 6) is -0.910. The first-order chi connectivity index (χ1) is 9.36. The molecule has 0 aliphatic carbocycles. The molecule has 108 valence electrons. The number of hydrogen-bond acceptors (Lipinski definition) is 4. The van der Waals surface area contributed by atoms with E-state index in [1.165, 1.54) is 18.2 Å². The number of nitrogens with zero attached hydrogens (tertiary/aromatic N) is 1. The van der Waals surface area contributed by atoms with Crippen molar-refractivity contribution in [1.82, 2.24) is 4.72 Å². The van der Waals surface area contributed by atoms with Crippen LogP contribution in [0.4, 0.5) is 0 Å². The molecule has 0 unspecified atom stereocenters. The lowest BCUT2D eigenvalue weighted by Crippen LogP contribution is -2.25. The van der Waals surface area contributed by atoms with Crippen molar-refractivity contribution in [3.8, 4) is 6.07 Å². The van der Waals surface area contributed by atoms with E-state index < -0.39 is 16.0 Å². The number of carboxylic acid groups (broad SMARTS) is 1. The van der Waals surface area contributed by atoms with Crippen LogP contribution in [0.1, 0.15) is 24.8 Å². The summed E-state index contributed by atoms with van der Waals surface area (Å²) in [5, 5.41) is 17.2. The van der Waals surface area contributed by atoms with Crippen LogP contribution in [0.25, 0.3) is 0 Å². The number of rotatable bonds is 7. The Labute approximate surface area is 122 Å². The molecule has 0 heterocycles. The third-order valence-electron chi connectivity index (χ3n) is 2.48. The van der Waals surface area contributed by atoms with Gasteiger partial charge in [-0.15, -0.1) is 0 Å². The van der Waals surface area contributed by atoms with Crippen molar-refractivity contribution in [3.63, 3.8) is 0 Å². The number of hydrogen-bond donors (Lipinski definition) is 2. The number of benzene rings is 1. The van der Waals surface area contributed by atoms with Crippen molar-refractivity contribution in [2.45, 2.75) is 24.2 Å². The lowest BCUT2D eigenvalue weighted by atomic mass is 10.2. The highest BCUT2D eigenvalue weighted by Gasteiger charge is 2.15. The molecule has 0 saturated carbocycles. The van der Waals surface area contributed by atoms with Gasteiger partial charge in [-0.2, -0.15) is 5.26 Å². The summed E-state index contributed by atoms with van der Waals surface area (Å²) in [7, 11) is -3.70. The molecule has 0 aliphatic rings. The first-order valence-corrected chi connectivity index (χ1v) is 7.64. The van der Waals surface area contributed by atoms with Gasteiger partial charge in [-0.25, -0.2) is 13.1 Å². The molecule has 0 fully saturated rings. The third kappa shape index (κ3) is 4.81. The summed E-state index contributed by atoms with van der Waals surface area (Å²) in [6.45, 7) is 0.146. The van der Waals surface area contributed by atoms with E-state index in [1.54, 1.807) is 0 Å². The zero-order chi connectivity index (χ0) is 15.2. The Hall–Kier alpha value is -1.62. The van der Waals surface area contributed by atoms with E-state index in [4.69, 9.17) is 22.0 Å². The van der Waals surface area contributed by atoms with Crippen LogP contribution in [-0.2, 0) is 14.8 Å². The number of sulfonamides is 1. The van der Waals surface area contributed by atoms with E-state index >= 15 is 0 Å². The molecule has 8 heteroatoms. The van der Waals surface area contributed by atoms with Gasteiger partial charge in [0.25, 0.3) is 0 Å². The molecule has 2 N–H and O–H groups in total. The van der Waals surface area contributed by atoms with E-state index in [2.05, 4.69) is 4.72 Å². The van der Waals surface area contributed by atoms with Gasteiger partial charge < -0.3 is 5.11 Å². The SMILES string of the molecule is N#Cc1ccc(S(=O)(=O)NCCCCC(=O)O)cc1Cl. The quantitative estimate of drug-likeness (QED) is 0.745. The van der Waals surface area contributed by atoms with Crippen LogP contribution in [0.3, 0.4) is 0 Å². The Kier molecular flexibility index (Phi) is 5.95. The molecule has 0 amide bonds. The minimum Gasteiger partial charge on any atom is -0.481 e. The second kappa shape index (κ2) is 7.24. The summed E-state index contributed by atoms with van der Waals surface area (Å²) < 4.78 is 26.2. The Balaban J connectivity index is 2.63. The van der Waals surface area contributed by atoms with Gasteiger partial charge in [-0.05, 0) is 31.0 Å². The maximum atomic E-state index is 11.9. The normalized spacial score (nSPS) is 11.0. The topological polar surface area (TPSA) is 107 Å². The van der Waals surface area contributed by atoms with Crippen molar-refractivity contribution in [1.29, 1.82) is 5.26 Å². The number of carbonyl (C=O) groups is 1. The van der Waals surface area contributed by atoms with Gasteiger partial charge in [0, 0.05) is 13.0 Å². The van der Waals surface area contributed by atoms with Gasteiger partial charge in [-0.1, -0.05) is 11.6 Å². The van der Waals surface area contributed by atoms with E-state index in [0.29, 0.717) is 12.8 Å². The number of unbranched alkanes of at least 4 members (excludes halogenated alkanes) is 1. The molecule has 0 atom stereocenters. The molecule has 0 spiro atoms. The second-order valence-corrected chi connectivity index (χ2v) is 6.18. The molecule has 0 aliphatic heterocycles. The van der Waals surface area contributed by atoms with E-state index in [-0.39, 0.29) is 28.4 Å². The molecule has 0 radical (unpaired) electrons. The predicted octanol–water partition coefficient (Wildman–Crippen LogP) is 1.74. The van der Waals surface area contributed by atoms with Crippen molar-refractivity contribution < 1.29 is 18.3 Å². The Morgan fingerprint density at radius 3 is 2.65 bits per heavy atom. The highest BCUT2D eigenvalue weighted by Crippen LogP contribution is 2.20. The monoisotopic (exact) mass is 316 g/mol. The molecule has 1 aromatic rings. The van der Waals surface area contributed by atoms with Crippen molar-refractivity contribution >= 4 is 27.6 Å².